The number of fused-ring (bicyclic) bond motifs is 1. The first-order valence-corrected chi connectivity index (χ1v) is 8.36. The van der Waals surface area contributed by atoms with Crippen molar-refractivity contribution in [3.63, 3.8) is 0 Å². The Balaban J connectivity index is 1.59. The molecule has 1 atom stereocenters. The van der Waals surface area contributed by atoms with Crippen LogP contribution in [0.4, 0.5) is 4.39 Å². The second-order valence-corrected chi connectivity index (χ2v) is 6.61. The van der Waals surface area contributed by atoms with Gasteiger partial charge >= 0.3 is 0 Å². The summed E-state index contributed by atoms with van der Waals surface area (Å²) in [5.74, 6) is 0.729. The fourth-order valence-corrected chi connectivity index (χ4v) is 3.57. The number of nitrogens with zero attached hydrogens (tertiary/aromatic N) is 1. The maximum Gasteiger partial charge on any atom is 0.123 e. The Bertz CT molecular complexity index is 670. The van der Waals surface area contributed by atoms with Crippen molar-refractivity contribution >= 4 is 0 Å². The van der Waals surface area contributed by atoms with Crippen LogP contribution in [0, 0.1) is 5.82 Å². The van der Waals surface area contributed by atoms with Gasteiger partial charge in [-0.3, -0.25) is 0 Å². The van der Waals surface area contributed by atoms with Crippen molar-refractivity contribution in [3.05, 3.63) is 65.0 Å². The normalized spacial score (nSPS) is 17.3. The van der Waals surface area contributed by atoms with Gasteiger partial charge in [-0.2, -0.15) is 0 Å². The number of hydrogen-bond acceptors (Lipinski definition) is 2. The molecule has 0 fully saturated rings. The molecule has 2 nitrogen and oxygen atoms in total. The SMILES string of the molecule is CN(CCc1cccc(F)c1)CC1CCCc2cc(O)ccc21. The molecule has 0 amide bonds. The Morgan fingerprint density at radius 3 is 2.91 bits per heavy atom. The average Bonchev–Trinajstić information content (AvgIpc) is 2.53. The number of benzene rings is 2. The molecule has 0 aromatic heterocycles. The molecule has 0 saturated carbocycles. The highest BCUT2D eigenvalue weighted by molar-refractivity contribution is 5.38. The van der Waals surface area contributed by atoms with E-state index in [-0.39, 0.29) is 5.82 Å². The van der Waals surface area contributed by atoms with Gasteiger partial charge in [-0.25, -0.2) is 4.39 Å². The van der Waals surface area contributed by atoms with Gasteiger partial charge < -0.3 is 10.0 Å². The fraction of sp³-hybridized carbons (Fsp3) is 0.400. The van der Waals surface area contributed by atoms with Gasteiger partial charge in [0.1, 0.15) is 11.6 Å². The zero-order valence-corrected chi connectivity index (χ0v) is 13.6. The van der Waals surface area contributed by atoms with E-state index in [1.54, 1.807) is 18.2 Å². The summed E-state index contributed by atoms with van der Waals surface area (Å²) in [5.41, 5.74) is 3.72. The number of phenolic OH excluding ortho intramolecular Hbond substituents is 1. The highest BCUT2D eigenvalue weighted by Crippen LogP contribution is 2.33. The lowest BCUT2D eigenvalue weighted by atomic mass is 9.82. The summed E-state index contributed by atoms with van der Waals surface area (Å²) in [6.45, 7) is 1.93. The van der Waals surface area contributed by atoms with Crippen molar-refractivity contribution in [1.82, 2.24) is 4.90 Å². The molecule has 0 saturated heterocycles. The van der Waals surface area contributed by atoms with Crippen LogP contribution in [-0.2, 0) is 12.8 Å². The minimum absolute atomic E-state index is 0.161. The topological polar surface area (TPSA) is 23.5 Å². The second kappa shape index (κ2) is 7.14. The molecule has 1 aliphatic carbocycles. The Morgan fingerprint density at radius 2 is 2.09 bits per heavy atom. The molecule has 23 heavy (non-hydrogen) atoms. The van der Waals surface area contributed by atoms with Crippen molar-refractivity contribution < 1.29 is 9.50 Å². The minimum Gasteiger partial charge on any atom is -0.508 e. The van der Waals surface area contributed by atoms with E-state index in [1.807, 2.05) is 12.1 Å². The molecule has 0 bridgehead atoms. The molecule has 3 rings (SSSR count). The Kier molecular flexibility index (Phi) is 4.97. The van der Waals surface area contributed by atoms with Gasteiger partial charge in [-0.1, -0.05) is 18.2 Å². The number of phenols is 1. The van der Waals surface area contributed by atoms with Gasteiger partial charge in [0.25, 0.3) is 0 Å². The zero-order chi connectivity index (χ0) is 16.2. The van der Waals surface area contributed by atoms with Crippen molar-refractivity contribution in [1.29, 1.82) is 0 Å². The van der Waals surface area contributed by atoms with Crippen LogP contribution >= 0.6 is 0 Å². The molecule has 0 spiro atoms. The van der Waals surface area contributed by atoms with E-state index in [0.717, 1.165) is 31.5 Å². The lowest BCUT2D eigenvalue weighted by Gasteiger charge is -2.29. The minimum atomic E-state index is -0.161. The molecular weight excluding hydrogens is 289 g/mol. The smallest absolute Gasteiger partial charge is 0.123 e. The van der Waals surface area contributed by atoms with Crippen LogP contribution in [0.15, 0.2) is 42.5 Å². The van der Waals surface area contributed by atoms with Crippen molar-refractivity contribution in [2.45, 2.75) is 31.6 Å². The average molecular weight is 313 g/mol. The molecule has 0 radical (unpaired) electrons. The van der Waals surface area contributed by atoms with E-state index < -0.39 is 0 Å². The van der Waals surface area contributed by atoms with E-state index >= 15 is 0 Å². The van der Waals surface area contributed by atoms with Crippen LogP contribution in [0.3, 0.4) is 0 Å². The Morgan fingerprint density at radius 1 is 1.22 bits per heavy atom. The largest absolute Gasteiger partial charge is 0.508 e. The standard InChI is InChI=1S/C20H24FNO/c1-22(11-10-15-4-2-7-18(21)12-15)14-17-6-3-5-16-13-19(23)8-9-20(16)17/h2,4,7-9,12-13,17,23H,3,5-6,10-11,14H2,1H3. The number of hydrogen-bond donors (Lipinski definition) is 1. The van der Waals surface area contributed by atoms with Crippen molar-refractivity contribution in [2.75, 3.05) is 20.1 Å². The molecule has 1 aliphatic rings. The first kappa shape index (κ1) is 16.0. The molecule has 1 N–H and O–H groups in total. The quantitative estimate of drug-likeness (QED) is 0.897. The van der Waals surface area contributed by atoms with E-state index in [2.05, 4.69) is 18.0 Å². The summed E-state index contributed by atoms with van der Waals surface area (Å²) in [6, 6.07) is 12.6. The van der Waals surface area contributed by atoms with Gasteiger partial charge in [0.15, 0.2) is 0 Å². The lowest BCUT2D eigenvalue weighted by molar-refractivity contribution is 0.300. The van der Waals surface area contributed by atoms with E-state index in [0.29, 0.717) is 11.7 Å². The molecule has 122 valence electrons. The van der Waals surface area contributed by atoms with Gasteiger partial charge in [-0.15, -0.1) is 0 Å². The molecular formula is C20H24FNO. The van der Waals surface area contributed by atoms with E-state index in [9.17, 15) is 9.50 Å². The first-order chi connectivity index (χ1) is 11.1. The molecule has 2 aromatic carbocycles. The van der Waals surface area contributed by atoms with Gasteiger partial charge in [-0.05, 0) is 79.6 Å². The molecule has 2 aromatic rings. The van der Waals surface area contributed by atoms with Crippen LogP contribution in [-0.4, -0.2) is 30.1 Å². The van der Waals surface area contributed by atoms with Gasteiger partial charge in [0.2, 0.25) is 0 Å². The van der Waals surface area contributed by atoms with E-state index in [4.69, 9.17) is 0 Å². The number of likely N-dealkylation sites (N-methyl/N-ethyl adjacent to an activating group) is 1. The third kappa shape index (κ3) is 4.11. The van der Waals surface area contributed by atoms with Crippen LogP contribution in [0.1, 0.15) is 35.4 Å². The Hall–Kier alpha value is -1.87. The summed E-state index contributed by atoms with van der Waals surface area (Å²) in [7, 11) is 2.13. The predicted octanol–water partition coefficient (Wildman–Crippen LogP) is 4.13. The third-order valence-electron chi connectivity index (χ3n) is 4.77. The highest BCUT2D eigenvalue weighted by Gasteiger charge is 2.21. The second-order valence-electron chi connectivity index (χ2n) is 6.61. The highest BCUT2D eigenvalue weighted by atomic mass is 19.1. The summed E-state index contributed by atoms with van der Waals surface area (Å²) in [5, 5.41) is 9.65. The maximum absolute atomic E-state index is 13.2. The molecule has 0 heterocycles. The molecule has 3 heteroatoms. The van der Waals surface area contributed by atoms with Crippen LogP contribution in [0.25, 0.3) is 0 Å². The van der Waals surface area contributed by atoms with Crippen molar-refractivity contribution in [3.8, 4) is 5.75 Å². The number of aromatic hydroxyl groups is 1. The maximum atomic E-state index is 13.2. The molecule has 0 aliphatic heterocycles. The monoisotopic (exact) mass is 313 g/mol. The van der Waals surface area contributed by atoms with Crippen LogP contribution in [0.2, 0.25) is 0 Å². The fourth-order valence-electron chi connectivity index (χ4n) is 3.57. The lowest BCUT2D eigenvalue weighted by Crippen LogP contribution is -2.28. The summed E-state index contributed by atoms with van der Waals surface area (Å²) in [4.78, 5) is 2.33. The summed E-state index contributed by atoms with van der Waals surface area (Å²) < 4.78 is 13.2. The predicted molar refractivity (Wildman–Crippen MR) is 91.4 cm³/mol. The summed E-state index contributed by atoms with van der Waals surface area (Å²) >= 11 is 0. The van der Waals surface area contributed by atoms with E-state index in [1.165, 1.54) is 30.0 Å². The van der Waals surface area contributed by atoms with Crippen LogP contribution in [0.5, 0.6) is 5.75 Å². The first-order valence-electron chi connectivity index (χ1n) is 8.36. The number of aryl methyl sites for hydroxylation is 1. The third-order valence-corrected chi connectivity index (χ3v) is 4.77. The van der Waals surface area contributed by atoms with Gasteiger partial charge in [0.05, 0.1) is 0 Å². The van der Waals surface area contributed by atoms with Crippen molar-refractivity contribution in [2.24, 2.45) is 0 Å². The number of rotatable bonds is 5. The van der Waals surface area contributed by atoms with Gasteiger partial charge in [0, 0.05) is 13.1 Å². The van der Waals surface area contributed by atoms with Crippen LogP contribution < -0.4 is 0 Å². The molecule has 1 unspecified atom stereocenters. The Labute approximate surface area is 137 Å². The zero-order valence-electron chi connectivity index (χ0n) is 13.6. The summed E-state index contributed by atoms with van der Waals surface area (Å²) in [6.07, 6.45) is 4.30. The number of halogens is 1.